The van der Waals surface area contributed by atoms with Gasteiger partial charge in [-0.1, -0.05) is 23.8 Å². The molecule has 3 heteroatoms. The number of rotatable bonds is 5. The molecule has 0 saturated heterocycles. The van der Waals surface area contributed by atoms with E-state index in [0.29, 0.717) is 12.3 Å². The van der Waals surface area contributed by atoms with Gasteiger partial charge in [-0.05, 0) is 49.2 Å². The molecule has 0 bridgehead atoms. The van der Waals surface area contributed by atoms with E-state index in [-0.39, 0.29) is 0 Å². The molecule has 0 aliphatic carbocycles. The third-order valence-corrected chi connectivity index (χ3v) is 3.15. The van der Waals surface area contributed by atoms with E-state index in [4.69, 9.17) is 4.74 Å². The number of carbonyl (C=O) groups excluding carboxylic acids is 1. The van der Waals surface area contributed by atoms with Crippen molar-refractivity contribution in [1.29, 1.82) is 0 Å². The summed E-state index contributed by atoms with van der Waals surface area (Å²) in [5, 5.41) is 0. The van der Waals surface area contributed by atoms with Gasteiger partial charge in [0.15, 0.2) is 0 Å². The first-order valence-corrected chi connectivity index (χ1v) is 6.56. The van der Waals surface area contributed by atoms with Gasteiger partial charge >= 0.3 is 0 Å². The molecule has 102 valence electrons. The summed E-state index contributed by atoms with van der Waals surface area (Å²) in [4.78, 5) is 13.7. The molecule has 0 aliphatic rings. The fourth-order valence-corrected chi connectivity index (χ4v) is 2.07. The van der Waals surface area contributed by atoms with Crippen LogP contribution in [0.3, 0.4) is 0 Å². The Balaban J connectivity index is 1.90. The lowest BCUT2D eigenvalue weighted by molar-refractivity contribution is 0.322. The molecule has 0 spiro atoms. The van der Waals surface area contributed by atoms with E-state index >= 15 is 0 Å². The molecule has 0 saturated carbocycles. The van der Waals surface area contributed by atoms with Crippen molar-refractivity contribution < 1.29 is 9.53 Å². The summed E-state index contributed by atoms with van der Waals surface area (Å²) >= 11 is 0. The van der Waals surface area contributed by atoms with Gasteiger partial charge in [0.05, 0.1) is 12.3 Å². The molecule has 20 heavy (non-hydrogen) atoms. The highest BCUT2D eigenvalue weighted by Crippen LogP contribution is 2.18. The van der Waals surface area contributed by atoms with Crippen LogP contribution in [-0.4, -0.2) is 12.7 Å². The van der Waals surface area contributed by atoms with Crippen LogP contribution in [0.2, 0.25) is 0 Å². The summed E-state index contributed by atoms with van der Waals surface area (Å²) in [6, 6.07) is 13.5. The molecule has 0 amide bonds. The zero-order chi connectivity index (χ0) is 14.4. The number of ether oxygens (including phenoxy) is 1. The molecule has 0 N–H and O–H groups in total. The average Bonchev–Trinajstić information content (AvgIpc) is 2.43. The maximum Gasteiger partial charge on any atom is 0.240 e. The van der Waals surface area contributed by atoms with Gasteiger partial charge in [0, 0.05) is 6.42 Å². The van der Waals surface area contributed by atoms with Crippen LogP contribution in [0.1, 0.15) is 16.7 Å². The predicted octanol–water partition coefficient (Wildman–Crippen LogP) is 3.89. The van der Waals surface area contributed by atoms with Gasteiger partial charge in [-0.15, -0.1) is 0 Å². The molecule has 0 aliphatic heterocycles. The van der Waals surface area contributed by atoms with Crippen LogP contribution < -0.4 is 4.74 Å². The van der Waals surface area contributed by atoms with Crippen LogP contribution >= 0.6 is 0 Å². The monoisotopic (exact) mass is 267 g/mol. The first kappa shape index (κ1) is 14.0. The minimum Gasteiger partial charge on any atom is -0.493 e. The van der Waals surface area contributed by atoms with Gasteiger partial charge < -0.3 is 4.74 Å². The summed E-state index contributed by atoms with van der Waals surface area (Å²) < 4.78 is 5.69. The molecule has 0 atom stereocenters. The number of aryl methyl sites for hydroxylation is 2. The Hall–Kier alpha value is -2.38. The van der Waals surface area contributed by atoms with Gasteiger partial charge in [0.2, 0.25) is 6.08 Å². The number of hydrogen-bond donors (Lipinski definition) is 0. The minimum absolute atomic E-state index is 0.585. The number of isocyanates is 1. The first-order valence-electron chi connectivity index (χ1n) is 6.56. The summed E-state index contributed by atoms with van der Waals surface area (Å²) in [6.45, 7) is 4.84. The maximum absolute atomic E-state index is 10.1. The van der Waals surface area contributed by atoms with Crippen LogP contribution in [0.4, 0.5) is 5.69 Å². The second kappa shape index (κ2) is 6.69. The van der Waals surface area contributed by atoms with E-state index in [1.807, 2.05) is 0 Å². The van der Waals surface area contributed by atoms with Gasteiger partial charge in [0.1, 0.15) is 5.75 Å². The zero-order valence-electron chi connectivity index (χ0n) is 11.7. The molecular weight excluding hydrogens is 250 g/mol. The lowest BCUT2D eigenvalue weighted by Crippen LogP contribution is -2.02. The summed E-state index contributed by atoms with van der Waals surface area (Å²) in [6.07, 6.45) is 2.39. The Bertz CT molecular complexity index is 626. The Morgan fingerprint density at radius 3 is 2.50 bits per heavy atom. The first-order chi connectivity index (χ1) is 9.69. The zero-order valence-corrected chi connectivity index (χ0v) is 11.7. The SMILES string of the molecule is Cc1ccc(CCOc2ccc(N=C=O)cc2)c(C)c1. The van der Waals surface area contributed by atoms with Crippen molar-refractivity contribution in [3.8, 4) is 5.75 Å². The predicted molar refractivity (Wildman–Crippen MR) is 79.3 cm³/mol. The Morgan fingerprint density at radius 1 is 1.10 bits per heavy atom. The lowest BCUT2D eigenvalue weighted by atomic mass is 10.0. The molecule has 3 nitrogen and oxygen atoms in total. The van der Waals surface area contributed by atoms with Crippen LogP contribution in [0, 0.1) is 13.8 Å². The van der Waals surface area contributed by atoms with E-state index in [2.05, 4.69) is 37.0 Å². The molecule has 2 aromatic rings. The van der Waals surface area contributed by atoms with Crippen molar-refractivity contribution >= 4 is 11.8 Å². The lowest BCUT2D eigenvalue weighted by Gasteiger charge is -2.09. The van der Waals surface area contributed by atoms with Crippen molar-refractivity contribution in [2.45, 2.75) is 20.3 Å². The van der Waals surface area contributed by atoms with E-state index in [0.717, 1.165) is 12.2 Å². The molecule has 0 radical (unpaired) electrons. The smallest absolute Gasteiger partial charge is 0.240 e. The van der Waals surface area contributed by atoms with Crippen LogP contribution in [-0.2, 0) is 11.2 Å². The van der Waals surface area contributed by atoms with Gasteiger partial charge in [-0.3, -0.25) is 0 Å². The molecule has 0 unspecified atom stereocenters. The summed E-state index contributed by atoms with van der Waals surface area (Å²) in [5.41, 5.74) is 4.46. The number of aliphatic imine (C=N–C) groups is 1. The normalized spacial score (nSPS) is 9.90. The standard InChI is InChI=1S/C17H17NO2/c1-13-3-4-15(14(2)11-13)9-10-20-17-7-5-16(6-8-17)18-12-19/h3-8,11H,9-10H2,1-2H3. The average molecular weight is 267 g/mol. The molecular formula is C17H17NO2. The number of hydrogen-bond acceptors (Lipinski definition) is 3. The van der Waals surface area contributed by atoms with Crippen molar-refractivity contribution in [3.05, 3.63) is 59.2 Å². The molecule has 0 aromatic heterocycles. The topological polar surface area (TPSA) is 38.7 Å². The highest BCUT2D eigenvalue weighted by atomic mass is 16.5. The van der Waals surface area contributed by atoms with Gasteiger partial charge in [-0.2, -0.15) is 4.99 Å². The van der Waals surface area contributed by atoms with Crippen molar-refractivity contribution in [2.24, 2.45) is 4.99 Å². The second-order valence-corrected chi connectivity index (χ2v) is 4.73. The second-order valence-electron chi connectivity index (χ2n) is 4.73. The van der Waals surface area contributed by atoms with E-state index < -0.39 is 0 Å². The largest absolute Gasteiger partial charge is 0.493 e. The van der Waals surface area contributed by atoms with E-state index in [1.165, 1.54) is 22.8 Å². The van der Waals surface area contributed by atoms with Crippen molar-refractivity contribution in [1.82, 2.24) is 0 Å². The molecule has 0 fully saturated rings. The maximum atomic E-state index is 10.1. The van der Waals surface area contributed by atoms with E-state index in [1.54, 1.807) is 24.3 Å². The Morgan fingerprint density at radius 2 is 1.85 bits per heavy atom. The Labute approximate surface area is 118 Å². The van der Waals surface area contributed by atoms with Crippen LogP contribution in [0.25, 0.3) is 0 Å². The van der Waals surface area contributed by atoms with Crippen molar-refractivity contribution in [2.75, 3.05) is 6.61 Å². The fourth-order valence-electron chi connectivity index (χ4n) is 2.07. The summed E-state index contributed by atoms with van der Waals surface area (Å²) in [7, 11) is 0. The van der Waals surface area contributed by atoms with Crippen LogP contribution in [0.15, 0.2) is 47.5 Å². The highest BCUT2D eigenvalue weighted by Gasteiger charge is 2.00. The van der Waals surface area contributed by atoms with Crippen LogP contribution in [0.5, 0.6) is 5.75 Å². The quantitative estimate of drug-likeness (QED) is 0.609. The van der Waals surface area contributed by atoms with Gasteiger partial charge in [-0.25, -0.2) is 4.79 Å². The molecule has 2 rings (SSSR count). The van der Waals surface area contributed by atoms with E-state index in [9.17, 15) is 4.79 Å². The Kier molecular flexibility index (Phi) is 4.70. The third kappa shape index (κ3) is 3.81. The highest BCUT2D eigenvalue weighted by molar-refractivity contribution is 5.50. The molecule has 2 aromatic carbocycles. The molecule has 0 heterocycles. The number of nitrogens with zero attached hydrogens (tertiary/aromatic N) is 1. The number of benzene rings is 2. The van der Waals surface area contributed by atoms with Crippen molar-refractivity contribution in [3.63, 3.8) is 0 Å². The third-order valence-electron chi connectivity index (χ3n) is 3.15. The van der Waals surface area contributed by atoms with Gasteiger partial charge in [0.25, 0.3) is 0 Å². The summed E-state index contributed by atoms with van der Waals surface area (Å²) in [5.74, 6) is 0.777. The minimum atomic E-state index is 0.585. The fraction of sp³-hybridized carbons (Fsp3) is 0.235.